The largest absolute Gasteiger partial charge is 0.491 e. The molecule has 0 aromatic heterocycles. The molecule has 4 aliphatic rings. The van der Waals surface area contributed by atoms with Crippen molar-refractivity contribution in [3.05, 3.63) is 71.3 Å². The van der Waals surface area contributed by atoms with Crippen molar-refractivity contribution >= 4 is 22.6 Å². The number of nitrogens with one attached hydrogen (secondary N) is 1. The summed E-state index contributed by atoms with van der Waals surface area (Å²) in [4.78, 5) is 16.1. The normalized spacial score (nSPS) is 33.1. The number of aryl methyl sites for hydroxylation is 1. The van der Waals surface area contributed by atoms with Crippen LogP contribution in [0.2, 0.25) is 0 Å². The second kappa shape index (κ2) is 14.0. The van der Waals surface area contributed by atoms with E-state index >= 15 is 0 Å². The van der Waals surface area contributed by atoms with Crippen molar-refractivity contribution < 1.29 is 18.5 Å². The second-order valence-corrected chi connectivity index (χ2v) is 15.7. The maximum atomic E-state index is 13.8. The fourth-order valence-electron chi connectivity index (χ4n) is 8.08. The number of carbonyl (C=O) groups excluding carboxylic acids is 1. The van der Waals surface area contributed by atoms with E-state index in [4.69, 9.17) is 9.47 Å². The van der Waals surface area contributed by atoms with E-state index in [0.29, 0.717) is 29.9 Å². The summed E-state index contributed by atoms with van der Waals surface area (Å²) in [5, 5.41) is -0.0911. The molecule has 7 heteroatoms. The van der Waals surface area contributed by atoms with Gasteiger partial charge in [-0.2, -0.15) is 0 Å². The van der Waals surface area contributed by atoms with Gasteiger partial charge in [0.1, 0.15) is 16.7 Å². The van der Waals surface area contributed by atoms with Gasteiger partial charge in [-0.05, 0) is 92.0 Å². The minimum atomic E-state index is -1.48. The predicted octanol–water partition coefficient (Wildman–Crippen LogP) is 7.60. The Kier molecular flexibility index (Phi) is 10.1. The van der Waals surface area contributed by atoms with E-state index in [1.54, 1.807) is 0 Å². The molecular formula is C38H52N2O4S. The summed E-state index contributed by atoms with van der Waals surface area (Å²) in [6.07, 6.45) is 14.3. The lowest BCUT2D eigenvalue weighted by Gasteiger charge is -2.48. The number of amides is 1. The summed E-state index contributed by atoms with van der Waals surface area (Å²) in [5.41, 5.74) is 3.87. The summed E-state index contributed by atoms with van der Waals surface area (Å²) in [6, 6.07) is 14.5. The van der Waals surface area contributed by atoms with Crippen LogP contribution in [0.1, 0.15) is 99.5 Å². The Labute approximate surface area is 272 Å². The molecule has 1 amide bonds. The first-order chi connectivity index (χ1) is 21.8. The van der Waals surface area contributed by atoms with Crippen molar-refractivity contribution in [3.8, 4) is 5.75 Å². The van der Waals surface area contributed by atoms with Crippen LogP contribution >= 0.6 is 0 Å². The number of allylic oxidation sites excluding steroid dienone is 1. The summed E-state index contributed by atoms with van der Waals surface area (Å²) >= 11 is 0. The summed E-state index contributed by atoms with van der Waals surface area (Å²) in [6.45, 7) is 8.93. The van der Waals surface area contributed by atoms with Crippen LogP contribution in [-0.4, -0.2) is 47.8 Å². The molecule has 2 fully saturated rings. The molecule has 2 aromatic rings. The van der Waals surface area contributed by atoms with Crippen LogP contribution in [0.4, 0.5) is 5.69 Å². The number of carbonyl (C=O) groups is 1. The lowest BCUT2D eigenvalue weighted by atomic mass is 9.64. The van der Waals surface area contributed by atoms with Crippen LogP contribution < -0.4 is 14.4 Å². The number of hydrogen-bond donors (Lipinski definition) is 1. The molecule has 2 saturated carbocycles. The predicted molar refractivity (Wildman–Crippen MR) is 183 cm³/mol. The van der Waals surface area contributed by atoms with Crippen molar-refractivity contribution in [3.63, 3.8) is 0 Å². The third kappa shape index (κ3) is 6.90. The molecule has 0 radical (unpaired) electrons. The van der Waals surface area contributed by atoms with E-state index in [-0.39, 0.29) is 28.6 Å². The Balaban J connectivity index is 1.37. The van der Waals surface area contributed by atoms with Crippen LogP contribution in [0, 0.1) is 23.7 Å². The first-order valence-electron chi connectivity index (χ1n) is 17.3. The monoisotopic (exact) mass is 632 g/mol. The van der Waals surface area contributed by atoms with Gasteiger partial charge in [0.15, 0.2) is 0 Å². The standard InChI is InChI=1S/C38H52N2O4S/c1-5-10-28-14-6-7-15-32(28)31-24-40-23-30-16-18-33(30)38(3,43-4)20-9-11-26(2)36(21-27-12-8-13-27)45(42)39-37(41)29-17-19-35(44-25-31)34(40)22-29/h6-7,9,14-15,17,19-20,22,26-27,30-31,33,36H,5,8,10-13,16,18,21,23-25H2,1-4H3,(H,39,41)/b20-9+/t26?,30?,31?,33?,36?,38-,45?/m0/s1. The number of hydrogen-bond acceptors (Lipinski definition) is 5. The van der Waals surface area contributed by atoms with E-state index in [1.165, 1.54) is 30.4 Å². The Hall–Kier alpha value is -2.64. The smallest absolute Gasteiger partial charge is 0.263 e. The number of ether oxygens (including phenoxy) is 2. The van der Waals surface area contributed by atoms with E-state index in [0.717, 1.165) is 63.1 Å². The van der Waals surface area contributed by atoms with Gasteiger partial charge >= 0.3 is 0 Å². The Morgan fingerprint density at radius 2 is 1.93 bits per heavy atom. The van der Waals surface area contributed by atoms with Crippen LogP contribution in [0.15, 0.2) is 54.6 Å². The molecule has 1 N–H and O–H groups in total. The number of nitrogens with zero attached hydrogens (tertiary/aromatic N) is 1. The van der Waals surface area contributed by atoms with Crippen molar-refractivity contribution in [1.29, 1.82) is 0 Å². The lowest BCUT2D eigenvalue weighted by Crippen LogP contribution is -2.49. The van der Waals surface area contributed by atoms with Gasteiger partial charge in [0.2, 0.25) is 0 Å². The fraction of sp³-hybridized carbons (Fsp3) is 0.605. The molecule has 2 heterocycles. The highest BCUT2D eigenvalue weighted by molar-refractivity contribution is 7.84. The Morgan fingerprint density at radius 3 is 2.64 bits per heavy atom. The first-order valence-corrected chi connectivity index (χ1v) is 18.5. The highest BCUT2D eigenvalue weighted by Crippen LogP contribution is 2.47. The van der Waals surface area contributed by atoms with Gasteiger partial charge in [-0.1, -0.05) is 75.9 Å². The highest BCUT2D eigenvalue weighted by atomic mass is 32.2. The second-order valence-electron chi connectivity index (χ2n) is 14.3. The number of anilines is 1. The van der Waals surface area contributed by atoms with E-state index in [9.17, 15) is 9.00 Å². The lowest BCUT2D eigenvalue weighted by molar-refractivity contribution is -0.0620. The Morgan fingerprint density at radius 1 is 1.11 bits per heavy atom. The molecule has 6 rings (SSSR count). The van der Waals surface area contributed by atoms with Gasteiger partial charge in [0.25, 0.3) is 5.91 Å². The zero-order valence-corrected chi connectivity index (χ0v) is 28.5. The molecule has 2 aliphatic carbocycles. The van der Waals surface area contributed by atoms with Crippen molar-refractivity contribution in [1.82, 2.24) is 4.72 Å². The average molecular weight is 633 g/mol. The van der Waals surface area contributed by atoms with E-state index < -0.39 is 11.0 Å². The maximum Gasteiger partial charge on any atom is 0.263 e. The SMILES string of the molecule is CCCc1ccccc1C1COc2ccc3cc2N(C1)CC1CCC1[C@@](C)(OC)/C=C/CC(C)C(CC1CCC1)S(=O)NC3=O. The summed E-state index contributed by atoms with van der Waals surface area (Å²) < 4.78 is 29.5. The van der Waals surface area contributed by atoms with Gasteiger partial charge in [0, 0.05) is 31.7 Å². The molecule has 6 unspecified atom stereocenters. The van der Waals surface area contributed by atoms with Crippen molar-refractivity contribution in [2.24, 2.45) is 23.7 Å². The van der Waals surface area contributed by atoms with Crippen LogP contribution in [0.5, 0.6) is 5.75 Å². The number of fused-ring (bicyclic) bond motifs is 2. The van der Waals surface area contributed by atoms with Gasteiger partial charge in [0.05, 0.1) is 23.1 Å². The zero-order valence-electron chi connectivity index (χ0n) is 27.6. The van der Waals surface area contributed by atoms with Crippen LogP contribution in [0.25, 0.3) is 0 Å². The van der Waals surface area contributed by atoms with E-state index in [2.05, 4.69) is 66.8 Å². The van der Waals surface area contributed by atoms with Gasteiger partial charge in [-0.15, -0.1) is 0 Å². The maximum absolute atomic E-state index is 13.8. The fourth-order valence-corrected chi connectivity index (χ4v) is 9.51. The molecule has 0 saturated heterocycles. The first kappa shape index (κ1) is 32.3. The summed E-state index contributed by atoms with van der Waals surface area (Å²) in [7, 11) is 0.359. The Bertz CT molecular complexity index is 1410. The van der Waals surface area contributed by atoms with Crippen LogP contribution in [-0.2, 0) is 22.1 Å². The third-order valence-corrected chi connectivity index (χ3v) is 12.9. The number of rotatable bonds is 6. The minimum Gasteiger partial charge on any atom is -0.491 e. The van der Waals surface area contributed by atoms with Crippen molar-refractivity contribution in [2.75, 3.05) is 31.7 Å². The quantitative estimate of drug-likeness (QED) is 0.332. The molecule has 6 nitrogen and oxygen atoms in total. The molecule has 0 spiro atoms. The van der Waals surface area contributed by atoms with Gasteiger partial charge < -0.3 is 14.4 Å². The summed E-state index contributed by atoms with van der Waals surface area (Å²) in [5.74, 6) is 2.37. The molecular weight excluding hydrogens is 580 g/mol. The number of methoxy groups -OCH3 is 1. The topological polar surface area (TPSA) is 67.9 Å². The molecule has 2 aromatic carbocycles. The number of benzene rings is 2. The van der Waals surface area contributed by atoms with Crippen molar-refractivity contribution in [2.45, 2.75) is 95.3 Å². The average Bonchev–Trinajstić information content (AvgIpc) is 3.17. The molecule has 2 bridgehead atoms. The van der Waals surface area contributed by atoms with Gasteiger partial charge in [-0.25, -0.2) is 4.21 Å². The molecule has 7 atom stereocenters. The van der Waals surface area contributed by atoms with Crippen LogP contribution in [0.3, 0.4) is 0 Å². The van der Waals surface area contributed by atoms with Gasteiger partial charge in [-0.3, -0.25) is 9.52 Å². The molecule has 244 valence electrons. The minimum absolute atomic E-state index is 0.0911. The molecule has 2 aliphatic heterocycles. The third-order valence-electron chi connectivity index (χ3n) is 11.4. The zero-order chi connectivity index (χ0) is 31.6. The molecule has 45 heavy (non-hydrogen) atoms. The highest BCUT2D eigenvalue weighted by Gasteiger charge is 2.45. The van der Waals surface area contributed by atoms with E-state index in [1.807, 2.05) is 25.3 Å².